The lowest BCUT2D eigenvalue weighted by Crippen LogP contribution is -2.52. The molecule has 1 aliphatic heterocycles. The molecule has 2 aromatic carbocycles. The molecule has 8 heteroatoms. The number of carbonyl (C=O) groups excluding carboxylic acids is 3. The molecule has 1 aromatic heterocycles. The van der Waals surface area contributed by atoms with Gasteiger partial charge in [0.1, 0.15) is 11.9 Å². The Labute approximate surface area is 214 Å². The van der Waals surface area contributed by atoms with Crippen molar-refractivity contribution in [3.63, 3.8) is 0 Å². The van der Waals surface area contributed by atoms with Gasteiger partial charge in [0.15, 0.2) is 0 Å². The fourth-order valence-corrected chi connectivity index (χ4v) is 4.95. The topological polar surface area (TPSA) is 69.7 Å². The number of halogens is 1. The first-order valence-electron chi connectivity index (χ1n) is 11.9. The maximum Gasteiger partial charge on any atom is 0.255 e. The third-order valence-corrected chi connectivity index (χ3v) is 6.71. The van der Waals surface area contributed by atoms with Crippen molar-refractivity contribution >= 4 is 34.7 Å². The van der Waals surface area contributed by atoms with E-state index in [1.165, 1.54) is 22.3 Å². The van der Waals surface area contributed by atoms with E-state index in [0.29, 0.717) is 17.7 Å². The molecule has 1 aliphatic rings. The Kier molecular flexibility index (Phi) is 7.54. The molecule has 0 aliphatic carbocycles. The van der Waals surface area contributed by atoms with Gasteiger partial charge in [-0.3, -0.25) is 14.4 Å². The van der Waals surface area contributed by atoms with Crippen molar-refractivity contribution in [1.82, 2.24) is 10.2 Å². The summed E-state index contributed by atoms with van der Waals surface area (Å²) in [5, 5.41) is 6.27. The van der Waals surface area contributed by atoms with Crippen LogP contribution in [0.25, 0.3) is 0 Å². The van der Waals surface area contributed by atoms with Crippen LogP contribution in [0.2, 0.25) is 0 Å². The van der Waals surface area contributed by atoms with Gasteiger partial charge in [-0.2, -0.15) is 11.3 Å². The van der Waals surface area contributed by atoms with Gasteiger partial charge in [-0.25, -0.2) is 4.39 Å². The van der Waals surface area contributed by atoms with E-state index in [1.54, 1.807) is 34.5 Å². The Balaban J connectivity index is 1.67. The number of hydrogen-bond acceptors (Lipinski definition) is 4. The number of fused-ring (bicyclic) bond motifs is 1. The Morgan fingerprint density at radius 1 is 1.08 bits per heavy atom. The molecule has 2 heterocycles. The van der Waals surface area contributed by atoms with E-state index >= 15 is 0 Å². The van der Waals surface area contributed by atoms with Gasteiger partial charge >= 0.3 is 0 Å². The number of amides is 3. The van der Waals surface area contributed by atoms with E-state index in [4.69, 9.17) is 0 Å². The zero-order chi connectivity index (χ0) is 25.9. The summed E-state index contributed by atoms with van der Waals surface area (Å²) in [6.45, 7) is 6.74. The van der Waals surface area contributed by atoms with Gasteiger partial charge in [0.05, 0.1) is 12.0 Å². The predicted octanol–water partition coefficient (Wildman–Crippen LogP) is 5.00. The molecule has 4 rings (SSSR count). The van der Waals surface area contributed by atoms with Crippen molar-refractivity contribution in [3.05, 3.63) is 87.9 Å². The number of carbonyl (C=O) groups is 3. The number of rotatable bonds is 6. The summed E-state index contributed by atoms with van der Waals surface area (Å²) in [6, 6.07) is 14.5. The third-order valence-electron chi connectivity index (χ3n) is 6.02. The summed E-state index contributed by atoms with van der Waals surface area (Å²) in [6.07, 6.45) is -0.224. The fraction of sp³-hybridized carbons (Fsp3) is 0.321. The van der Waals surface area contributed by atoms with Crippen LogP contribution in [-0.4, -0.2) is 35.2 Å². The monoisotopic (exact) mass is 507 g/mol. The number of benzene rings is 2. The highest BCUT2D eigenvalue weighted by Crippen LogP contribution is 2.32. The van der Waals surface area contributed by atoms with Crippen LogP contribution in [0.4, 0.5) is 10.1 Å². The summed E-state index contributed by atoms with van der Waals surface area (Å²) >= 11 is 1.40. The van der Waals surface area contributed by atoms with Crippen LogP contribution >= 0.6 is 11.3 Å². The highest BCUT2D eigenvalue weighted by atomic mass is 32.1. The van der Waals surface area contributed by atoms with Crippen LogP contribution in [-0.2, 0) is 22.7 Å². The normalized spacial score (nSPS) is 15.9. The standard InChI is InChI=1S/C28H30FN3O3S/c1-28(2,3)18-32-23-11-7-5-9-20(23)16-31(26(34)21-12-13-36-17-21)24(27(32)35)14-25(33)30-15-19-8-4-6-10-22(19)29/h4-13,17,24H,14-16,18H2,1-3H3,(H,30,33). The van der Waals surface area contributed by atoms with Crippen molar-refractivity contribution in [2.24, 2.45) is 5.41 Å². The average Bonchev–Trinajstić information content (AvgIpc) is 3.35. The summed E-state index contributed by atoms with van der Waals surface area (Å²) < 4.78 is 14.0. The highest BCUT2D eigenvalue weighted by Gasteiger charge is 2.40. The van der Waals surface area contributed by atoms with E-state index in [2.05, 4.69) is 5.32 Å². The lowest BCUT2D eigenvalue weighted by Gasteiger charge is -2.33. The zero-order valence-corrected chi connectivity index (χ0v) is 21.5. The number of hydrogen-bond donors (Lipinski definition) is 1. The summed E-state index contributed by atoms with van der Waals surface area (Å²) in [7, 11) is 0. The number of para-hydroxylation sites is 1. The third kappa shape index (κ3) is 5.82. The van der Waals surface area contributed by atoms with Crippen LogP contribution in [0.15, 0.2) is 65.4 Å². The Hall–Kier alpha value is -3.52. The first kappa shape index (κ1) is 25.6. The molecule has 0 saturated heterocycles. The van der Waals surface area contributed by atoms with E-state index in [1.807, 2.05) is 50.4 Å². The fourth-order valence-electron chi connectivity index (χ4n) is 4.32. The molecule has 0 saturated carbocycles. The molecule has 0 fully saturated rings. The number of nitrogens with zero attached hydrogens (tertiary/aromatic N) is 2. The van der Waals surface area contributed by atoms with Crippen LogP contribution in [0.3, 0.4) is 0 Å². The van der Waals surface area contributed by atoms with Crippen LogP contribution < -0.4 is 10.2 Å². The van der Waals surface area contributed by atoms with Gasteiger partial charge in [-0.05, 0) is 34.6 Å². The van der Waals surface area contributed by atoms with E-state index in [-0.39, 0.29) is 36.7 Å². The summed E-state index contributed by atoms with van der Waals surface area (Å²) in [5.74, 6) is -1.45. The molecule has 0 spiro atoms. The Morgan fingerprint density at radius 3 is 2.50 bits per heavy atom. The van der Waals surface area contributed by atoms with Crippen molar-refractivity contribution in [2.45, 2.75) is 46.3 Å². The van der Waals surface area contributed by atoms with E-state index < -0.39 is 17.8 Å². The molecule has 3 amide bonds. The van der Waals surface area contributed by atoms with Gasteiger partial charge in [-0.15, -0.1) is 0 Å². The second-order valence-electron chi connectivity index (χ2n) is 10.1. The molecule has 0 radical (unpaired) electrons. The predicted molar refractivity (Wildman–Crippen MR) is 139 cm³/mol. The first-order chi connectivity index (χ1) is 17.1. The lowest BCUT2D eigenvalue weighted by atomic mass is 9.95. The number of nitrogens with one attached hydrogen (secondary N) is 1. The van der Waals surface area contributed by atoms with E-state index in [0.717, 1.165) is 11.3 Å². The van der Waals surface area contributed by atoms with Crippen LogP contribution in [0.5, 0.6) is 0 Å². The second kappa shape index (κ2) is 10.6. The van der Waals surface area contributed by atoms with Crippen molar-refractivity contribution < 1.29 is 18.8 Å². The van der Waals surface area contributed by atoms with Crippen molar-refractivity contribution in [1.29, 1.82) is 0 Å². The molecule has 36 heavy (non-hydrogen) atoms. The lowest BCUT2D eigenvalue weighted by molar-refractivity contribution is -0.129. The van der Waals surface area contributed by atoms with Gasteiger partial charge in [0, 0.05) is 36.3 Å². The molecular formula is C28H30FN3O3S. The average molecular weight is 508 g/mol. The molecule has 0 bridgehead atoms. The molecule has 1 N–H and O–H groups in total. The SMILES string of the molecule is CC(C)(C)CN1C(=O)C(CC(=O)NCc2ccccc2F)N(C(=O)c2ccsc2)Cc2ccccc21. The van der Waals surface area contributed by atoms with Crippen molar-refractivity contribution in [2.75, 3.05) is 11.4 Å². The molecule has 3 aromatic rings. The maximum atomic E-state index is 14.0. The largest absolute Gasteiger partial charge is 0.352 e. The Bertz CT molecular complexity index is 1250. The molecule has 6 nitrogen and oxygen atoms in total. The summed E-state index contributed by atoms with van der Waals surface area (Å²) in [4.78, 5) is 43.8. The van der Waals surface area contributed by atoms with Crippen molar-refractivity contribution in [3.8, 4) is 0 Å². The first-order valence-corrected chi connectivity index (χ1v) is 12.8. The minimum Gasteiger partial charge on any atom is -0.352 e. The minimum absolute atomic E-state index is 0.00315. The minimum atomic E-state index is -1.01. The molecule has 188 valence electrons. The number of thiophene rings is 1. The molecule has 1 unspecified atom stereocenters. The smallest absolute Gasteiger partial charge is 0.255 e. The van der Waals surface area contributed by atoms with E-state index in [9.17, 15) is 18.8 Å². The Morgan fingerprint density at radius 2 is 1.81 bits per heavy atom. The van der Waals surface area contributed by atoms with Gasteiger partial charge in [0.2, 0.25) is 11.8 Å². The highest BCUT2D eigenvalue weighted by molar-refractivity contribution is 7.08. The quantitative estimate of drug-likeness (QED) is 0.511. The number of anilines is 1. The zero-order valence-electron chi connectivity index (χ0n) is 20.7. The van der Waals surface area contributed by atoms with Crippen LogP contribution in [0.1, 0.15) is 48.7 Å². The van der Waals surface area contributed by atoms with Gasteiger partial charge < -0.3 is 15.1 Å². The maximum absolute atomic E-state index is 14.0. The van der Waals surface area contributed by atoms with Crippen LogP contribution in [0, 0.1) is 11.2 Å². The van der Waals surface area contributed by atoms with Gasteiger partial charge in [0.25, 0.3) is 5.91 Å². The second-order valence-corrected chi connectivity index (χ2v) is 10.9. The molecule has 1 atom stereocenters. The van der Waals surface area contributed by atoms with Gasteiger partial charge in [-0.1, -0.05) is 57.2 Å². The molecular weight excluding hydrogens is 477 g/mol. The summed E-state index contributed by atoms with van der Waals surface area (Å²) in [5.41, 5.74) is 2.20.